The number of thiocarbonyl (C=S) groups is 1. The number of hydrogen-bond donors (Lipinski definition) is 0. The number of amides is 1. The Bertz CT molecular complexity index is 949. The third kappa shape index (κ3) is 3.49. The number of halogens is 2. The lowest BCUT2D eigenvalue weighted by molar-refractivity contribution is 0.0691. The van der Waals surface area contributed by atoms with Crippen LogP contribution >= 0.6 is 23.8 Å². The molecule has 2 aromatic rings. The number of carbonyl (C=O) groups is 1. The highest BCUT2D eigenvalue weighted by Crippen LogP contribution is 2.40. The van der Waals surface area contributed by atoms with Gasteiger partial charge < -0.3 is 0 Å². The number of aliphatic imine (C=N–C) groups is 1. The monoisotopic (exact) mass is 414 g/mol. The Balaban J connectivity index is 1.78. The highest BCUT2D eigenvalue weighted by Gasteiger charge is 2.48. The minimum Gasteiger partial charge on any atom is -0.271 e. The number of benzene rings is 2. The van der Waals surface area contributed by atoms with Crippen molar-refractivity contribution >= 4 is 40.4 Å². The van der Waals surface area contributed by atoms with Gasteiger partial charge in [-0.15, -0.1) is 0 Å². The molecule has 0 radical (unpaired) electrons. The number of nitrogens with zero attached hydrogens (tertiary/aromatic N) is 2. The molecule has 1 heterocycles. The fourth-order valence-electron chi connectivity index (χ4n) is 4.06. The van der Waals surface area contributed by atoms with Crippen LogP contribution in [0.3, 0.4) is 0 Å². The first-order chi connectivity index (χ1) is 13.5. The Kier molecular flexibility index (Phi) is 5.30. The second-order valence-electron chi connectivity index (χ2n) is 7.32. The van der Waals surface area contributed by atoms with E-state index in [9.17, 15) is 9.18 Å². The zero-order valence-corrected chi connectivity index (χ0v) is 16.9. The van der Waals surface area contributed by atoms with Crippen molar-refractivity contribution in [3.8, 4) is 0 Å². The third-order valence-corrected chi connectivity index (χ3v) is 6.07. The van der Waals surface area contributed by atoms with E-state index in [0.717, 1.165) is 44.1 Å². The Labute approximate surface area is 174 Å². The molecule has 1 spiro atoms. The van der Waals surface area contributed by atoms with Crippen LogP contribution in [0.2, 0.25) is 5.02 Å². The van der Waals surface area contributed by atoms with Crippen molar-refractivity contribution < 1.29 is 9.18 Å². The van der Waals surface area contributed by atoms with E-state index >= 15 is 0 Å². The molecular formula is C22H20ClFN2OS. The van der Waals surface area contributed by atoms with Crippen molar-refractivity contribution in [2.24, 2.45) is 4.99 Å². The first kappa shape index (κ1) is 19.2. The Morgan fingerprint density at radius 1 is 1.07 bits per heavy atom. The second kappa shape index (κ2) is 7.72. The molecule has 0 aromatic heterocycles. The fourth-order valence-corrected chi connectivity index (χ4v) is 4.60. The standard InChI is InChI=1S/C22H20ClFN2OS/c23-17-10-8-15(9-11-17)19-21(28)26(20(27)16-6-5-7-18(24)14-16)22(25-19)12-3-1-2-4-13-22/h5-11,14H,1-4,12-13H2. The van der Waals surface area contributed by atoms with Gasteiger partial charge in [0.1, 0.15) is 22.2 Å². The first-order valence-corrected chi connectivity index (χ1v) is 10.3. The van der Waals surface area contributed by atoms with Gasteiger partial charge in [0.25, 0.3) is 5.91 Å². The molecule has 2 aliphatic rings. The van der Waals surface area contributed by atoms with Crippen LogP contribution in [0, 0.1) is 5.82 Å². The lowest BCUT2D eigenvalue weighted by Gasteiger charge is -2.35. The van der Waals surface area contributed by atoms with E-state index in [4.69, 9.17) is 28.8 Å². The van der Waals surface area contributed by atoms with Gasteiger partial charge in [0.05, 0.1) is 0 Å². The van der Waals surface area contributed by atoms with Crippen LogP contribution < -0.4 is 0 Å². The van der Waals surface area contributed by atoms with Crippen LogP contribution in [-0.4, -0.2) is 27.2 Å². The summed E-state index contributed by atoms with van der Waals surface area (Å²) in [6, 6.07) is 13.1. The van der Waals surface area contributed by atoms with Crippen LogP contribution in [0.5, 0.6) is 0 Å². The summed E-state index contributed by atoms with van der Waals surface area (Å²) in [6.07, 6.45) is 5.70. The van der Waals surface area contributed by atoms with Gasteiger partial charge in [0.15, 0.2) is 0 Å². The van der Waals surface area contributed by atoms with Crippen molar-refractivity contribution in [1.29, 1.82) is 0 Å². The largest absolute Gasteiger partial charge is 0.271 e. The van der Waals surface area contributed by atoms with Gasteiger partial charge in [0.2, 0.25) is 0 Å². The maximum atomic E-state index is 13.7. The Hall–Kier alpha value is -2.11. The van der Waals surface area contributed by atoms with Gasteiger partial charge >= 0.3 is 0 Å². The molecule has 1 fully saturated rings. The molecule has 0 atom stereocenters. The molecule has 3 nitrogen and oxygen atoms in total. The van der Waals surface area contributed by atoms with Gasteiger partial charge in [-0.2, -0.15) is 0 Å². The maximum absolute atomic E-state index is 13.7. The molecule has 4 rings (SSSR count). The van der Waals surface area contributed by atoms with E-state index in [0.29, 0.717) is 21.3 Å². The summed E-state index contributed by atoms with van der Waals surface area (Å²) in [5.74, 6) is -0.733. The minimum atomic E-state index is -0.689. The Morgan fingerprint density at radius 3 is 2.39 bits per heavy atom. The SMILES string of the molecule is O=C(c1cccc(F)c1)N1C(=S)C(c2ccc(Cl)cc2)=NC12CCCCCC2. The predicted molar refractivity (Wildman–Crippen MR) is 114 cm³/mol. The number of rotatable bonds is 2. The maximum Gasteiger partial charge on any atom is 0.261 e. The summed E-state index contributed by atoms with van der Waals surface area (Å²) < 4.78 is 13.7. The van der Waals surface area contributed by atoms with Crippen molar-refractivity contribution in [2.45, 2.75) is 44.2 Å². The van der Waals surface area contributed by atoms with Crippen molar-refractivity contribution in [3.63, 3.8) is 0 Å². The molecule has 0 unspecified atom stereocenters. The fraction of sp³-hybridized carbons (Fsp3) is 0.318. The second-order valence-corrected chi connectivity index (χ2v) is 8.14. The molecule has 0 saturated heterocycles. The van der Waals surface area contributed by atoms with Crippen LogP contribution in [0.1, 0.15) is 54.4 Å². The quantitative estimate of drug-likeness (QED) is 0.581. The molecule has 1 amide bonds. The van der Waals surface area contributed by atoms with E-state index in [1.807, 2.05) is 12.1 Å². The predicted octanol–water partition coefficient (Wildman–Crippen LogP) is 5.80. The summed E-state index contributed by atoms with van der Waals surface area (Å²) in [5, 5.41) is 0.630. The molecule has 1 aliphatic carbocycles. The van der Waals surface area contributed by atoms with Gasteiger partial charge in [-0.05, 0) is 56.0 Å². The molecule has 2 aromatic carbocycles. The zero-order chi connectivity index (χ0) is 19.7. The summed E-state index contributed by atoms with van der Waals surface area (Å²) >= 11 is 11.8. The molecule has 0 N–H and O–H groups in total. The molecule has 1 saturated carbocycles. The first-order valence-electron chi connectivity index (χ1n) is 9.50. The van der Waals surface area contributed by atoms with Crippen LogP contribution in [0.25, 0.3) is 0 Å². The summed E-state index contributed by atoms with van der Waals surface area (Å²) in [6.45, 7) is 0. The Morgan fingerprint density at radius 2 is 1.75 bits per heavy atom. The molecule has 6 heteroatoms. The highest BCUT2D eigenvalue weighted by atomic mass is 35.5. The van der Waals surface area contributed by atoms with Gasteiger partial charge in [0, 0.05) is 16.1 Å². The molecule has 1 aliphatic heterocycles. The van der Waals surface area contributed by atoms with E-state index in [2.05, 4.69) is 0 Å². The normalized spacial score (nSPS) is 18.9. The van der Waals surface area contributed by atoms with Crippen LogP contribution in [0.15, 0.2) is 53.5 Å². The van der Waals surface area contributed by atoms with Crippen LogP contribution in [-0.2, 0) is 0 Å². The average Bonchev–Trinajstić information content (AvgIpc) is 2.82. The lowest BCUT2D eigenvalue weighted by Crippen LogP contribution is -2.49. The summed E-state index contributed by atoms with van der Waals surface area (Å²) in [4.78, 5) is 20.5. The van der Waals surface area contributed by atoms with E-state index in [1.165, 1.54) is 12.1 Å². The number of carbonyl (C=O) groups excluding carboxylic acids is 1. The van der Waals surface area contributed by atoms with Gasteiger partial charge in [-0.1, -0.05) is 54.9 Å². The van der Waals surface area contributed by atoms with E-state index < -0.39 is 11.5 Å². The topological polar surface area (TPSA) is 32.7 Å². The lowest BCUT2D eigenvalue weighted by atomic mass is 9.99. The summed E-state index contributed by atoms with van der Waals surface area (Å²) in [7, 11) is 0. The molecule has 28 heavy (non-hydrogen) atoms. The highest BCUT2D eigenvalue weighted by molar-refractivity contribution is 7.82. The molecular weight excluding hydrogens is 395 g/mol. The zero-order valence-electron chi connectivity index (χ0n) is 15.3. The molecule has 144 valence electrons. The van der Waals surface area contributed by atoms with E-state index in [1.54, 1.807) is 29.2 Å². The van der Waals surface area contributed by atoms with Crippen LogP contribution in [0.4, 0.5) is 4.39 Å². The van der Waals surface area contributed by atoms with E-state index in [-0.39, 0.29) is 5.91 Å². The van der Waals surface area contributed by atoms with Gasteiger partial charge in [-0.3, -0.25) is 14.7 Å². The van der Waals surface area contributed by atoms with Crippen molar-refractivity contribution in [2.75, 3.05) is 0 Å². The summed E-state index contributed by atoms with van der Waals surface area (Å²) in [5.41, 5.74) is 1.08. The van der Waals surface area contributed by atoms with Crippen molar-refractivity contribution in [3.05, 3.63) is 70.5 Å². The van der Waals surface area contributed by atoms with Gasteiger partial charge in [-0.25, -0.2) is 4.39 Å². The smallest absolute Gasteiger partial charge is 0.261 e. The molecule has 0 bridgehead atoms. The number of hydrogen-bond acceptors (Lipinski definition) is 3. The average molecular weight is 415 g/mol. The third-order valence-electron chi connectivity index (χ3n) is 5.44. The minimum absolute atomic E-state index is 0.290. The van der Waals surface area contributed by atoms with Crippen molar-refractivity contribution in [1.82, 2.24) is 4.90 Å².